The van der Waals surface area contributed by atoms with Gasteiger partial charge in [0.2, 0.25) is 0 Å². The quantitative estimate of drug-likeness (QED) is 0.511. The Morgan fingerprint density at radius 3 is 2.85 bits per heavy atom. The maximum absolute atomic E-state index is 10.9. The van der Waals surface area contributed by atoms with Crippen LogP contribution >= 0.6 is 22.6 Å². The summed E-state index contributed by atoms with van der Waals surface area (Å²) >= 11 is 2.14. The molecule has 0 heterocycles. The van der Waals surface area contributed by atoms with Gasteiger partial charge in [0.05, 0.1) is 13.5 Å². The Kier molecular flexibility index (Phi) is 3.53. The van der Waals surface area contributed by atoms with Gasteiger partial charge in [0.1, 0.15) is 0 Å². The topological polar surface area (TPSA) is 52.3 Å². The van der Waals surface area contributed by atoms with Crippen molar-refractivity contribution in [2.24, 2.45) is 0 Å². The van der Waals surface area contributed by atoms with Gasteiger partial charge >= 0.3 is 5.97 Å². The highest BCUT2D eigenvalue weighted by Crippen LogP contribution is 2.16. The van der Waals surface area contributed by atoms with E-state index in [0.717, 1.165) is 9.13 Å². The fourth-order valence-corrected chi connectivity index (χ4v) is 1.28. The molecule has 13 heavy (non-hydrogen) atoms. The number of hydrogen-bond acceptors (Lipinski definition) is 3. The van der Waals surface area contributed by atoms with E-state index in [1.165, 1.54) is 7.11 Å². The Bertz CT molecular complexity index is 325. The summed E-state index contributed by atoms with van der Waals surface area (Å²) in [5.41, 5.74) is 7.25. The molecule has 0 amide bonds. The van der Waals surface area contributed by atoms with E-state index in [4.69, 9.17) is 5.73 Å². The smallest absolute Gasteiger partial charge is 0.309 e. The number of esters is 1. The van der Waals surface area contributed by atoms with Gasteiger partial charge in [0, 0.05) is 9.26 Å². The number of nitrogen functional groups attached to an aromatic ring is 1. The molecule has 0 saturated heterocycles. The van der Waals surface area contributed by atoms with Crippen molar-refractivity contribution in [3.63, 3.8) is 0 Å². The zero-order chi connectivity index (χ0) is 9.84. The van der Waals surface area contributed by atoms with Crippen LogP contribution in [0.15, 0.2) is 18.2 Å². The zero-order valence-electron chi connectivity index (χ0n) is 7.21. The van der Waals surface area contributed by atoms with E-state index in [1.807, 2.05) is 12.1 Å². The molecule has 1 rings (SSSR count). The maximum atomic E-state index is 10.9. The molecule has 4 heteroatoms. The molecule has 0 aliphatic rings. The first kappa shape index (κ1) is 10.3. The van der Waals surface area contributed by atoms with Gasteiger partial charge in [0.15, 0.2) is 0 Å². The van der Waals surface area contributed by atoms with Crippen molar-refractivity contribution in [2.45, 2.75) is 6.42 Å². The zero-order valence-corrected chi connectivity index (χ0v) is 9.37. The molecule has 3 nitrogen and oxygen atoms in total. The van der Waals surface area contributed by atoms with Crippen LogP contribution in [0.3, 0.4) is 0 Å². The molecule has 0 bridgehead atoms. The lowest BCUT2D eigenvalue weighted by Gasteiger charge is -2.02. The van der Waals surface area contributed by atoms with E-state index >= 15 is 0 Å². The molecule has 1 aromatic rings. The van der Waals surface area contributed by atoms with Crippen molar-refractivity contribution in [3.05, 3.63) is 27.3 Å². The van der Waals surface area contributed by atoms with Crippen molar-refractivity contribution in [1.82, 2.24) is 0 Å². The first-order valence-electron chi connectivity index (χ1n) is 3.74. The van der Waals surface area contributed by atoms with Crippen LogP contribution in [-0.2, 0) is 16.0 Å². The van der Waals surface area contributed by atoms with Crippen LogP contribution in [-0.4, -0.2) is 13.1 Å². The van der Waals surface area contributed by atoms with Gasteiger partial charge in [-0.25, -0.2) is 0 Å². The molecule has 0 unspecified atom stereocenters. The Balaban J connectivity index is 2.79. The van der Waals surface area contributed by atoms with Crippen LogP contribution in [0, 0.1) is 3.57 Å². The van der Waals surface area contributed by atoms with E-state index in [9.17, 15) is 4.79 Å². The van der Waals surface area contributed by atoms with Crippen LogP contribution in [0.25, 0.3) is 0 Å². The van der Waals surface area contributed by atoms with Crippen molar-refractivity contribution in [3.8, 4) is 0 Å². The van der Waals surface area contributed by atoms with E-state index in [0.29, 0.717) is 5.69 Å². The third-order valence-corrected chi connectivity index (χ3v) is 2.62. The number of carbonyl (C=O) groups is 1. The number of rotatable bonds is 2. The van der Waals surface area contributed by atoms with E-state index in [-0.39, 0.29) is 12.4 Å². The number of benzene rings is 1. The SMILES string of the molecule is COC(=O)Cc1ccc(I)c(N)c1. The lowest BCUT2D eigenvalue weighted by molar-refractivity contribution is -0.139. The van der Waals surface area contributed by atoms with Gasteiger partial charge in [-0.3, -0.25) is 4.79 Å². The van der Waals surface area contributed by atoms with E-state index in [2.05, 4.69) is 27.3 Å². The molecule has 70 valence electrons. The molecule has 0 fully saturated rings. The van der Waals surface area contributed by atoms with Gasteiger partial charge in [-0.05, 0) is 40.3 Å². The monoisotopic (exact) mass is 291 g/mol. The van der Waals surface area contributed by atoms with E-state index < -0.39 is 0 Å². The van der Waals surface area contributed by atoms with Crippen LogP contribution < -0.4 is 5.73 Å². The molecule has 1 aromatic carbocycles. The summed E-state index contributed by atoms with van der Waals surface area (Å²) in [7, 11) is 1.37. The van der Waals surface area contributed by atoms with Gasteiger partial charge < -0.3 is 10.5 Å². The van der Waals surface area contributed by atoms with Gasteiger partial charge in [-0.2, -0.15) is 0 Å². The minimum absolute atomic E-state index is 0.249. The molecule has 0 aromatic heterocycles. The lowest BCUT2D eigenvalue weighted by atomic mass is 10.1. The fraction of sp³-hybridized carbons (Fsp3) is 0.222. The van der Waals surface area contributed by atoms with Crippen LogP contribution in [0.5, 0.6) is 0 Å². The van der Waals surface area contributed by atoms with Crippen molar-refractivity contribution >= 4 is 34.2 Å². The predicted octanol–water partition coefficient (Wildman–Crippen LogP) is 1.59. The van der Waals surface area contributed by atoms with Crippen LogP contribution in [0.1, 0.15) is 5.56 Å². The van der Waals surface area contributed by atoms with Crippen molar-refractivity contribution in [2.75, 3.05) is 12.8 Å². The average molecular weight is 291 g/mol. The first-order valence-corrected chi connectivity index (χ1v) is 4.82. The summed E-state index contributed by atoms with van der Waals surface area (Å²) in [6, 6.07) is 5.54. The van der Waals surface area contributed by atoms with Gasteiger partial charge in [-0.1, -0.05) is 6.07 Å². The van der Waals surface area contributed by atoms with Crippen LogP contribution in [0.2, 0.25) is 0 Å². The maximum Gasteiger partial charge on any atom is 0.309 e. The Morgan fingerprint density at radius 2 is 2.31 bits per heavy atom. The molecular formula is C9H10INO2. The van der Waals surface area contributed by atoms with Gasteiger partial charge in [0.25, 0.3) is 0 Å². The second-order valence-electron chi connectivity index (χ2n) is 2.61. The fourth-order valence-electron chi connectivity index (χ4n) is 0.942. The summed E-state index contributed by atoms with van der Waals surface area (Å²) in [5.74, 6) is -0.249. The summed E-state index contributed by atoms with van der Waals surface area (Å²) in [4.78, 5) is 10.9. The number of ether oxygens (including phenoxy) is 1. The highest BCUT2D eigenvalue weighted by atomic mass is 127. The number of carbonyl (C=O) groups excluding carboxylic acids is 1. The van der Waals surface area contributed by atoms with Crippen molar-refractivity contribution < 1.29 is 9.53 Å². The third-order valence-electron chi connectivity index (χ3n) is 1.64. The van der Waals surface area contributed by atoms with Crippen LogP contribution in [0.4, 0.5) is 5.69 Å². The average Bonchev–Trinajstić information content (AvgIpc) is 2.11. The molecule has 0 radical (unpaired) electrons. The standard InChI is InChI=1S/C9H10INO2/c1-13-9(12)5-6-2-3-7(10)8(11)4-6/h2-4H,5,11H2,1H3. The molecule has 0 atom stereocenters. The Labute approximate surface area is 90.4 Å². The summed E-state index contributed by atoms with van der Waals surface area (Å²) < 4.78 is 5.53. The Morgan fingerprint density at radius 1 is 1.62 bits per heavy atom. The summed E-state index contributed by atoms with van der Waals surface area (Å²) in [5, 5.41) is 0. The second kappa shape index (κ2) is 4.45. The number of nitrogens with two attached hydrogens (primary N) is 1. The highest BCUT2D eigenvalue weighted by molar-refractivity contribution is 14.1. The predicted molar refractivity (Wildman–Crippen MR) is 59.3 cm³/mol. The number of anilines is 1. The number of halogens is 1. The Hall–Kier alpha value is -0.780. The number of hydrogen-bond donors (Lipinski definition) is 1. The minimum atomic E-state index is -0.249. The third kappa shape index (κ3) is 2.87. The first-order chi connectivity index (χ1) is 6.13. The lowest BCUT2D eigenvalue weighted by Crippen LogP contribution is -2.05. The van der Waals surface area contributed by atoms with Gasteiger partial charge in [-0.15, -0.1) is 0 Å². The largest absolute Gasteiger partial charge is 0.469 e. The van der Waals surface area contributed by atoms with Crippen molar-refractivity contribution in [1.29, 1.82) is 0 Å². The molecular weight excluding hydrogens is 281 g/mol. The highest BCUT2D eigenvalue weighted by Gasteiger charge is 2.03. The molecule has 0 saturated carbocycles. The number of methoxy groups -OCH3 is 1. The molecule has 0 spiro atoms. The second-order valence-corrected chi connectivity index (χ2v) is 3.77. The summed E-state index contributed by atoms with van der Waals surface area (Å²) in [6.07, 6.45) is 0.275. The molecule has 0 aliphatic carbocycles. The normalized spacial score (nSPS) is 9.69. The van der Waals surface area contributed by atoms with E-state index in [1.54, 1.807) is 6.07 Å². The summed E-state index contributed by atoms with van der Waals surface area (Å²) in [6.45, 7) is 0. The minimum Gasteiger partial charge on any atom is -0.469 e. The molecule has 2 N–H and O–H groups in total. The molecule has 0 aliphatic heterocycles.